The predicted octanol–water partition coefficient (Wildman–Crippen LogP) is 3.29. The predicted molar refractivity (Wildman–Crippen MR) is 84.3 cm³/mol. The molecule has 0 saturated carbocycles. The molecule has 1 unspecified atom stereocenters. The maximum Gasteiger partial charge on any atom is 0.326 e. The topological polar surface area (TPSA) is 74.7 Å². The third-order valence-corrected chi connectivity index (χ3v) is 4.32. The van der Waals surface area contributed by atoms with Gasteiger partial charge < -0.3 is 5.11 Å². The second kappa shape index (κ2) is 8.71. The first-order chi connectivity index (χ1) is 10.4. The Morgan fingerprint density at radius 3 is 1.86 bits per heavy atom. The number of carboxylic acid groups (broad SMARTS) is 1. The van der Waals surface area contributed by atoms with Crippen molar-refractivity contribution in [3.8, 4) is 0 Å². The number of carbonyl (C=O) groups excluding carboxylic acids is 2. The third-order valence-electron chi connectivity index (χ3n) is 4.32. The molecule has 5 nitrogen and oxygen atoms in total. The van der Waals surface area contributed by atoms with Gasteiger partial charge in [-0.25, -0.2) is 4.79 Å². The van der Waals surface area contributed by atoms with Gasteiger partial charge in [-0.1, -0.05) is 51.9 Å². The maximum atomic E-state index is 12.1. The Labute approximate surface area is 132 Å². The summed E-state index contributed by atoms with van der Waals surface area (Å²) in [6, 6.07) is -1.04. The Kier molecular flexibility index (Phi) is 7.28. The van der Waals surface area contributed by atoms with Crippen molar-refractivity contribution in [1.82, 2.24) is 4.90 Å². The Hall–Kier alpha value is -1.65. The summed E-state index contributed by atoms with van der Waals surface area (Å²) in [5.41, 5.74) is 0.714. The van der Waals surface area contributed by atoms with Gasteiger partial charge in [0.2, 0.25) is 0 Å². The molecule has 1 aliphatic rings. The van der Waals surface area contributed by atoms with Crippen molar-refractivity contribution in [1.29, 1.82) is 0 Å². The number of aliphatic carboxylic acids is 1. The quantitative estimate of drug-likeness (QED) is 0.496. The minimum absolute atomic E-state index is 0.334. The highest BCUT2D eigenvalue weighted by Gasteiger charge is 2.41. The van der Waals surface area contributed by atoms with Crippen molar-refractivity contribution in [2.24, 2.45) is 0 Å². The van der Waals surface area contributed by atoms with E-state index in [0.717, 1.165) is 30.6 Å². The van der Waals surface area contributed by atoms with Crippen LogP contribution in [-0.4, -0.2) is 33.8 Å². The number of carbonyl (C=O) groups is 3. The van der Waals surface area contributed by atoms with Crippen LogP contribution in [0.1, 0.15) is 72.1 Å². The highest BCUT2D eigenvalue weighted by Crippen LogP contribution is 2.24. The molecule has 2 amide bonds. The fraction of sp³-hybridized carbons (Fsp3) is 0.706. The molecule has 5 heteroatoms. The highest BCUT2D eigenvalue weighted by molar-refractivity contribution is 6.20. The first kappa shape index (κ1) is 18.4. The average Bonchev–Trinajstić information content (AvgIpc) is 2.67. The summed E-state index contributed by atoms with van der Waals surface area (Å²) in [4.78, 5) is 36.5. The van der Waals surface area contributed by atoms with Crippen LogP contribution in [0.25, 0.3) is 0 Å². The minimum atomic E-state index is -1.10. The van der Waals surface area contributed by atoms with Crippen LogP contribution < -0.4 is 0 Å². The summed E-state index contributed by atoms with van der Waals surface area (Å²) in [6.45, 7) is 5.31. The number of unbranched alkanes of at least 4 members (excludes halogenated alkanes) is 6. The van der Waals surface area contributed by atoms with E-state index in [9.17, 15) is 19.5 Å². The number of amides is 2. The van der Waals surface area contributed by atoms with E-state index in [2.05, 4.69) is 6.92 Å². The lowest BCUT2D eigenvalue weighted by atomic mass is 10.0. The first-order valence-electron chi connectivity index (χ1n) is 8.20. The van der Waals surface area contributed by atoms with Crippen LogP contribution in [0.5, 0.6) is 0 Å². The SMILES string of the molecule is CCCCCCCCCC(C(=O)O)N1C(=O)C(C)=C(C)C1=O. The average molecular weight is 309 g/mol. The zero-order valence-corrected chi connectivity index (χ0v) is 13.9. The molecule has 1 atom stereocenters. The van der Waals surface area contributed by atoms with E-state index in [1.807, 2.05) is 0 Å². The first-order valence-corrected chi connectivity index (χ1v) is 8.20. The molecular formula is C17H27NO4. The fourth-order valence-electron chi connectivity index (χ4n) is 2.72. The van der Waals surface area contributed by atoms with E-state index >= 15 is 0 Å². The zero-order chi connectivity index (χ0) is 16.7. The molecule has 22 heavy (non-hydrogen) atoms. The third kappa shape index (κ3) is 4.42. The van der Waals surface area contributed by atoms with Gasteiger partial charge in [0.05, 0.1) is 0 Å². The maximum absolute atomic E-state index is 12.1. The van der Waals surface area contributed by atoms with Gasteiger partial charge in [-0.3, -0.25) is 14.5 Å². The fourth-order valence-corrected chi connectivity index (χ4v) is 2.72. The largest absolute Gasteiger partial charge is 0.480 e. The van der Waals surface area contributed by atoms with Crippen LogP contribution in [-0.2, 0) is 14.4 Å². The van der Waals surface area contributed by atoms with Crippen LogP contribution in [0.3, 0.4) is 0 Å². The van der Waals surface area contributed by atoms with Gasteiger partial charge in [0.25, 0.3) is 11.8 Å². The smallest absolute Gasteiger partial charge is 0.326 e. The molecule has 0 aromatic heterocycles. The summed E-state index contributed by atoms with van der Waals surface area (Å²) in [5.74, 6) is -2.02. The molecule has 0 radical (unpaired) electrons. The van der Waals surface area contributed by atoms with E-state index in [-0.39, 0.29) is 0 Å². The van der Waals surface area contributed by atoms with Gasteiger partial charge in [0.15, 0.2) is 0 Å². The standard InChI is InChI=1S/C17H27NO4/c1-4-5-6-7-8-9-10-11-14(17(21)22)18-15(19)12(2)13(3)16(18)20/h14H,4-11H2,1-3H3,(H,21,22). The summed E-state index contributed by atoms with van der Waals surface area (Å²) >= 11 is 0. The monoisotopic (exact) mass is 309 g/mol. The van der Waals surface area contributed by atoms with E-state index in [4.69, 9.17) is 0 Å². The lowest BCUT2D eigenvalue weighted by Crippen LogP contribution is -2.45. The van der Waals surface area contributed by atoms with E-state index < -0.39 is 23.8 Å². The zero-order valence-electron chi connectivity index (χ0n) is 13.9. The van der Waals surface area contributed by atoms with E-state index in [0.29, 0.717) is 17.6 Å². The number of nitrogens with zero attached hydrogens (tertiary/aromatic N) is 1. The Morgan fingerprint density at radius 1 is 0.955 bits per heavy atom. The molecule has 0 bridgehead atoms. The van der Waals surface area contributed by atoms with Crippen molar-refractivity contribution >= 4 is 17.8 Å². The molecular weight excluding hydrogens is 282 g/mol. The van der Waals surface area contributed by atoms with Crippen LogP contribution in [0.2, 0.25) is 0 Å². The molecule has 0 spiro atoms. The van der Waals surface area contributed by atoms with Gasteiger partial charge >= 0.3 is 5.97 Å². The lowest BCUT2D eigenvalue weighted by Gasteiger charge is -2.23. The van der Waals surface area contributed by atoms with E-state index in [1.54, 1.807) is 13.8 Å². The van der Waals surface area contributed by atoms with Crippen LogP contribution in [0.4, 0.5) is 0 Å². The van der Waals surface area contributed by atoms with Crippen LogP contribution in [0, 0.1) is 0 Å². The highest BCUT2D eigenvalue weighted by atomic mass is 16.4. The second-order valence-electron chi connectivity index (χ2n) is 5.99. The summed E-state index contributed by atoms with van der Waals surface area (Å²) in [5, 5.41) is 9.35. The molecule has 0 aliphatic carbocycles. The van der Waals surface area contributed by atoms with Crippen molar-refractivity contribution in [3.63, 3.8) is 0 Å². The van der Waals surface area contributed by atoms with Gasteiger partial charge in [0.1, 0.15) is 6.04 Å². The molecule has 1 rings (SSSR count). The lowest BCUT2D eigenvalue weighted by molar-refractivity contribution is -0.154. The molecule has 1 N–H and O–H groups in total. The Balaban J connectivity index is 2.49. The van der Waals surface area contributed by atoms with E-state index in [1.165, 1.54) is 19.3 Å². The van der Waals surface area contributed by atoms with Crippen molar-refractivity contribution in [2.75, 3.05) is 0 Å². The van der Waals surface area contributed by atoms with Crippen LogP contribution >= 0.6 is 0 Å². The number of carboxylic acids is 1. The number of hydrogen-bond acceptors (Lipinski definition) is 3. The molecule has 0 fully saturated rings. The van der Waals surface area contributed by atoms with Gasteiger partial charge in [-0.15, -0.1) is 0 Å². The molecule has 124 valence electrons. The second-order valence-corrected chi connectivity index (χ2v) is 5.99. The van der Waals surface area contributed by atoms with Gasteiger partial charge in [-0.05, 0) is 20.3 Å². The number of rotatable bonds is 10. The van der Waals surface area contributed by atoms with Crippen molar-refractivity contribution in [2.45, 2.75) is 78.2 Å². The number of hydrogen-bond donors (Lipinski definition) is 1. The summed E-state index contributed by atoms with van der Waals surface area (Å²) < 4.78 is 0. The molecule has 0 saturated heterocycles. The van der Waals surface area contributed by atoms with Crippen LogP contribution in [0.15, 0.2) is 11.1 Å². The number of imide groups is 1. The van der Waals surface area contributed by atoms with Gasteiger partial charge in [0, 0.05) is 11.1 Å². The summed E-state index contributed by atoms with van der Waals surface area (Å²) in [6.07, 6.45) is 7.88. The molecule has 1 aliphatic heterocycles. The Morgan fingerprint density at radius 2 is 1.41 bits per heavy atom. The molecule has 0 aromatic rings. The Bertz CT molecular complexity index is 443. The van der Waals surface area contributed by atoms with Crippen molar-refractivity contribution < 1.29 is 19.5 Å². The minimum Gasteiger partial charge on any atom is -0.480 e. The molecule has 1 heterocycles. The summed E-state index contributed by atoms with van der Waals surface area (Å²) in [7, 11) is 0. The van der Waals surface area contributed by atoms with Gasteiger partial charge in [-0.2, -0.15) is 0 Å². The normalized spacial score (nSPS) is 16.6. The van der Waals surface area contributed by atoms with Crippen molar-refractivity contribution in [3.05, 3.63) is 11.1 Å². The molecule has 0 aromatic carbocycles.